The van der Waals surface area contributed by atoms with Crippen LogP contribution < -0.4 is 4.74 Å². The van der Waals surface area contributed by atoms with E-state index in [0.29, 0.717) is 11.3 Å². The van der Waals surface area contributed by atoms with Crippen LogP contribution in [0.2, 0.25) is 0 Å². The van der Waals surface area contributed by atoms with Crippen LogP contribution in [0.3, 0.4) is 0 Å². The summed E-state index contributed by atoms with van der Waals surface area (Å²) in [7, 11) is 0. The van der Waals surface area contributed by atoms with Crippen molar-refractivity contribution in [1.29, 1.82) is 0 Å². The van der Waals surface area contributed by atoms with Crippen LogP contribution in [-0.2, 0) is 9.59 Å². The number of nitro benzene ring substituents is 1. The van der Waals surface area contributed by atoms with Gasteiger partial charge in [-0.25, -0.2) is 4.79 Å². The Labute approximate surface area is 138 Å². The monoisotopic (exact) mass is 325 g/mol. The van der Waals surface area contributed by atoms with Gasteiger partial charge in [0.25, 0.3) is 5.69 Å². The largest absolute Gasteiger partial charge is 0.423 e. The minimum absolute atomic E-state index is 0.126. The van der Waals surface area contributed by atoms with Gasteiger partial charge in [-0.15, -0.1) is 0 Å². The van der Waals surface area contributed by atoms with Crippen molar-refractivity contribution in [2.75, 3.05) is 0 Å². The minimum atomic E-state index is -0.808. The third kappa shape index (κ3) is 4.36. The summed E-state index contributed by atoms with van der Waals surface area (Å²) in [5.74, 6) is -0.978. The van der Waals surface area contributed by atoms with Crippen LogP contribution in [0, 0.1) is 17.0 Å². The molecule has 0 radical (unpaired) electrons. The van der Waals surface area contributed by atoms with Gasteiger partial charge in [0.15, 0.2) is 5.78 Å². The molecular formula is C18H15NO5. The summed E-state index contributed by atoms with van der Waals surface area (Å²) >= 11 is 0. The van der Waals surface area contributed by atoms with E-state index in [9.17, 15) is 19.7 Å². The van der Waals surface area contributed by atoms with Crippen molar-refractivity contribution in [3.05, 3.63) is 75.3 Å². The topological polar surface area (TPSA) is 86.5 Å². The van der Waals surface area contributed by atoms with Gasteiger partial charge in [0, 0.05) is 12.1 Å². The van der Waals surface area contributed by atoms with Gasteiger partial charge in [-0.1, -0.05) is 29.8 Å². The van der Waals surface area contributed by atoms with E-state index in [2.05, 4.69) is 0 Å². The number of nitrogens with zero attached hydrogens (tertiary/aromatic N) is 1. The van der Waals surface area contributed by atoms with Crippen molar-refractivity contribution in [3.8, 4) is 5.75 Å². The fourth-order valence-corrected chi connectivity index (χ4v) is 1.97. The Hall–Kier alpha value is -3.28. The Morgan fingerprint density at radius 2 is 1.79 bits per heavy atom. The normalized spacial score (nSPS) is 11.0. The maximum atomic E-state index is 12.2. The SMILES string of the molecule is CC(=O)/C(=C\c1cccc([N+](=O)[O-])c1)C(=O)Oc1ccc(C)cc1. The van der Waals surface area contributed by atoms with Crippen LogP contribution in [0.25, 0.3) is 6.08 Å². The molecule has 2 aromatic rings. The van der Waals surface area contributed by atoms with Crippen LogP contribution in [-0.4, -0.2) is 16.7 Å². The van der Waals surface area contributed by atoms with E-state index in [1.807, 2.05) is 6.92 Å². The van der Waals surface area contributed by atoms with E-state index >= 15 is 0 Å². The lowest BCUT2D eigenvalue weighted by Crippen LogP contribution is -2.16. The first-order chi connectivity index (χ1) is 11.4. The Morgan fingerprint density at radius 3 is 2.38 bits per heavy atom. The highest BCUT2D eigenvalue weighted by Crippen LogP contribution is 2.18. The first-order valence-electron chi connectivity index (χ1n) is 7.13. The van der Waals surface area contributed by atoms with Crippen LogP contribution in [0.1, 0.15) is 18.1 Å². The summed E-state index contributed by atoms with van der Waals surface area (Å²) in [6.07, 6.45) is 1.28. The Balaban J connectivity index is 2.29. The fourth-order valence-electron chi connectivity index (χ4n) is 1.97. The lowest BCUT2D eigenvalue weighted by atomic mass is 10.1. The smallest absolute Gasteiger partial charge is 0.347 e. The van der Waals surface area contributed by atoms with Crippen LogP contribution >= 0.6 is 0 Å². The van der Waals surface area contributed by atoms with Crippen LogP contribution in [0.4, 0.5) is 5.69 Å². The van der Waals surface area contributed by atoms with Gasteiger partial charge in [0.2, 0.25) is 0 Å². The van der Waals surface area contributed by atoms with Crippen molar-refractivity contribution < 1.29 is 19.2 Å². The van der Waals surface area contributed by atoms with Gasteiger partial charge in [-0.05, 0) is 37.6 Å². The van der Waals surface area contributed by atoms with Gasteiger partial charge in [0.1, 0.15) is 11.3 Å². The number of aryl methyl sites for hydroxylation is 1. The molecule has 2 aromatic carbocycles. The van der Waals surface area contributed by atoms with E-state index in [4.69, 9.17) is 4.74 Å². The van der Waals surface area contributed by atoms with Gasteiger partial charge in [-0.3, -0.25) is 14.9 Å². The first kappa shape index (κ1) is 17.1. The molecule has 0 atom stereocenters. The molecule has 122 valence electrons. The Bertz CT molecular complexity index is 822. The molecule has 0 aliphatic rings. The van der Waals surface area contributed by atoms with Gasteiger partial charge in [0.05, 0.1) is 4.92 Å². The maximum absolute atomic E-state index is 12.2. The van der Waals surface area contributed by atoms with E-state index in [-0.39, 0.29) is 11.3 Å². The molecule has 0 N–H and O–H groups in total. The Morgan fingerprint density at radius 1 is 1.12 bits per heavy atom. The molecule has 0 aliphatic carbocycles. The number of hydrogen-bond acceptors (Lipinski definition) is 5. The van der Waals surface area contributed by atoms with Gasteiger partial charge < -0.3 is 4.74 Å². The molecular weight excluding hydrogens is 310 g/mol. The number of ketones is 1. The average molecular weight is 325 g/mol. The molecule has 6 nitrogen and oxygen atoms in total. The van der Waals surface area contributed by atoms with Crippen molar-refractivity contribution in [3.63, 3.8) is 0 Å². The molecule has 24 heavy (non-hydrogen) atoms. The predicted octanol–water partition coefficient (Wildman–Crippen LogP) is 3.48. The summed E-state index contributed by atoms with van der Waals surface area (Å²) in [6.45, 7) is 3.13. The van der Waals surface area contributed by atoms with Crippen LogP contribution in [0.15, 0.2) is 54.1 Å². The minimum Gasteiger partial charge on any atom is -0.423 e. The van der Waals surface area contributed by atoms with Gasteiger partial charge in [-0.2, -0.15) is 0 Å². The van der Waals surface area contributed by atoms with Crippen molar-refractivity contribution in [2.24, 2.45) is 0 Å². The number of carbonyl (C=O) groups is 2. The zero-order valence-corrected chi connectivity index (χ0v) is 13.2. The second-order valence-electron chi connectivity index (χ2n) is 5.17. The van der Waals surface area contributed by atoms with Crippen molar-refractivity contribution >= 4 is 23.5 Å². The number of esters is 1. The molecule has 0 spiro atoms. The number of rotatable bonds is 5. The fraction of sp³-hybridized carbons (Fsp3) is 0.111. The summed E-state index contributed by atoms with van der Waals surface area (Å²) in [4.78, 5) is 34.2. The molecule has 0 unspecified atom stereocenters. The third-order valence-corrected chi connectivity index (χ3v) is 3.22. The predicted molar refractivity (Wildman–Crippen MR) is 88.6 cm³/mol. The highest BCUT2D eigenvalue weighted by Gasteiger charge is 2.17. The van der Waals surface area contributed by atoms with E-state index < -0.39 is 16.7 Å². The van der Waals surface area contributed by atoms with Crippen molar-refractivity contribution in [1.82, 2.24) is 0 Å². The lowest BCUT2D eigenvalue weighted by molar-refractivity contribution is -0.384. The number of non-ortho nitro benzene ring substituents is 1. The molecule has 0 fully saturated rings. The van der Waals surface area contributed by atoms with Gasteiger partial charge >= 0.3 is 5.97 Å². The molecule has 0 aromatic heterocycles. The molecule has 0 saturated heterocycles. The molecule has 0 heterocycles. The molecule has 6 heteroatoms. The summed E-state index contributed by atoms with van der Waals surface area (Å²) in [5, 5.41) is 10.8. The van der Waals surface area contributed by atoms with Crippen molar-refractivity contribution in [2.45, 2.75) is 13.8 Å². The molecule has 0 aliphatic heterocycles. The number of nitro groups is 1. The van der Waals surface area contributed by atoms with E-state index in [1.54, 1.807) is 30.3 Å². The number of carbonyl (C=O) groups excluding carboxylic acids is 2. The second kappa shape index (κ2) is 7.32. The van der Waals surface area contributed by atoms with Crippen LogP contribution in [0.5, 0.6) is 5.75 Å². The number of hydrogen-bond donors (Lipinski definition) is 0. The quantitative estimate of drug-likeness (QED) is 0.160. The number of benzene rings is 2. The molecule has 0 saturated carbocycles. The van der Waals surface area contributed by atoms with E-state index in [1.165, 1.54) is 31.2 Å². The highest BCUT2D eigenvalue weighted by molar-refractivity contribution is 6.20. The summed E-state index contributed by atoms with van der Waals surface area (Å²) < 4.78 is 5.18. The van der Waals surface area contributed by atoms with E-state index in [0.717, 1.165) is 5.56 Å². The standard InChI is InChI=1S/C18H15NO5/c1-12-6-8-16(9-7-12)24-18(21)17(13(2)20)11-14-4-3-5-15(10-14)19(22)23/h3-11H,1-2H3/b17-11+. The maximum Gasteiger partial charge on any atom is 0.347 e. The number of ether oxygens (including phenoxy) is 1. The molecule has 0 amide bonds. The third-order valence-electron chi connectivity index (χ3n) is 3.22. The first-order valence-corrected chi connectivity index (χ1v) is 7.13. The zero-order chi connectivity index (χ0) is 17.7. The number of Topliss-reactive ketones (excluding diaryl/α,β-unsaturated/α-hetero) is 1. The summed E-state index contributed by atoms with van der Waals surface area (Å²) in [5.41, 5.74) is 1.07. The Kier molecular flexibility index (Phi) is 5.21. The summed E-state index contributed by atoms with van der Waals surface area (Å²) in [6, 6.07) is 12.5. The zero-order valence-electron chi connectivity index (χ0n) is 13.2. The lowest BCUT2D eigenvalue weighted by Gasteiger charge is -2.06. The highest BCUT2D eigenvalue weighted by atomic mass is 16.6. The molecule has 2 rings (SSSR count). The average Bonchev–Trinajstić information content (AvgIpc) is 2.54. The second-order valence-corrected chi connectivity index (χ2v) is 5.17. The molecule has 0 bridgehead atoms.